The lowest BCUT2D eigenvalue weighted by Crippen LogP contribution is -2.56. The Balaban J connectivity index is 1.21. The number of hydrogen-bond acceptors (Lipinski definition) is 9. The average Bonchev–Trinajstić information content (AvgIpc) is 3.61. The highest BCUT2D eigenvalue weighted by atomic mass is 32.2. The standard InChI is InChI=1S/C23H30N6O4S/c1-26-32-33-34-17-5-6-18-14(9-17)4-7-20(18)29-16-10-21(23(29)31)27(12-16)13-19(25)22(30)28-8-2-3-15(28)11-24/h5-6,9,15-16,19-21,26H,2-4,7-8,10,12-13,25H2,1H3/t15-,16?,19-,20+,21+/m0/s1. The zero-order valence-corrected chi connectivity index (χ0v) is 20.0. The number of nitrogens with one attached hydrogen (secondary N) is 1. The van der Waals surface area contributed by atoms with Gasteiger partial charge in [-0.25, -0.2) is 0 Å². The molecule has 3 aliphatic heterocycles. The van der Waals surface area contributed by atoms with Crippen molar-refractivity contribution in [1.29, 1.82) is 5.26 Å². The Morgan fingerprint density at radius 2 is 2.24 bits per heavy atom. The topological polar surface area (TPSA) is 124 Å². The minimum Gasteiger partial charge on any atom is -0.330 e. The molecule has 3 N–H and O–H groups in total. The van der Waals surface area contributed by atoms with Gasteiger partial charge in [-0.3, -0.25) is 14.5 Å². The van der Waals surface area contributed by atoms with Gasteiger partial charge in [0.15, 0.2) is 0 Å². The van der Waals surface area contributed by atoms with E-state index in [0.717, 1.165) is 49.2 Å². The van der Waals surface area contributed by atoms with E-state index >= 15 is 0 Å². The van der Waals surface area contributed by atoms with Gasteiger partial charge in [0, 0.05) is 37.6 Å². The van der Waals surface area contributed by atoms with E-state index in [2.05, 4.69) is 33.5 Å². The van der Waals surface area contributed by atoms with E-state index in [1.54, 1.807) is 11.9 Å². The normalized spacial score (nSPS) is 29.0. The Kier molecular flexibility index (Phi) is 6.79. The first kappa shape index (κ1) is 23.5. The lowest BCUT2D eigenvalue weighted by Gasteiger charge is -2.38. The lowest BCUT2D eigenvalue weighted by molar-refractivity contribution is -0.237. The van der Waals surface area contributed by atoms with E-state index in [1.165, 1.54) is 11.1 Å². The second kappa shape index (κ2) is 9.81. The predicted octanol–water partition coefficient (Wildman–Crippen LogP) is 0.891. The van der Waals surface area contributed by atoms with Gasteiger partial charge in [0.25, 0.3) is 0 Å². The Morgan fingerprint density at radius 1 is 1.38 bits per heavy atom. The minimum atomic E-state index is -0.716. The van der Waals surface area contributed by atoms with Gasteiger partial charge in [-0.15, -0.1) is 9.32 Å². The molecular formula is C23H30N6O4S. The number of hydrogen-bond donors (Lipinski definition) is 2. The molecule has 5 rings (SSSR count). The largest absolute Gasteiger partial charge is 0.330 e. The number of aryl methyl sites for hydroxylation is 1. The fourth-order valence-corrected chi connectivity index (χ4v) is 6.51. The molecule has 34 heavy (non-hydrogen) atoms. The van der Waals surface area contributed by atoms with Crippen LogP contribution in [0, 0.1) is 11.3 Å². The van der Waals surface area contributed by atoms with Crippen LogP contribution in [0.5, 0.6) is 0 Å². The average molecular weight is 487 g/mol. The molecule has 1 aliphatic carbocycles. The van der Waals surface area contributed by atoms with Crippen molar-refractivity contribution in [3.05, 3.63) is 29.3 Å². The van der Waals surface area contributed by atoms with Crippen LogP contribution in [0.1, 0.15) is 42.9 Å². The second-order valence-electron chi connectivity index (χ2n) is 9.38. The van der Waals surface area contributed by atoms with Crippen LogP contribution in [0.25, 0.3) is 0 Å². The highest BCUT2D eigenvalue weighted by Crippen LogP contribution is 2.44. The minimum absolute atomic E-state index is 0.0875. The third-order valence-electron chi connectivity index (χ3n) is 7.49. The first-order chi connectivity index (χ1) is 16.5. The quantitative estimate of drug-likeness (QED) is 0.239. The summed E-state index contributed by atoms with van der Waals surface area (Å²) in [5, 5.41) is 9.28. The molecule has 2 amide bonds. The number of piperazine rings is 1. The van der Waals surface area contributed by atoms with Crippen molar-refractivity contribution < 1.29 is 18.9 Å². The fourth-order valence-electron chi connectivity index (χ4n) is 6.01. The van der Waals surface area contributed by atoms with Crippen LogP contribution in [-0.4, -0.2) is 77.4 Å². The van der Waals surface area contributed by atoms with E-state index in [0.29, 0.717) is 19.5 Å². The van der Waals surface area contributed by atoms with Crippen LogP contribution in [0.3, 0.4) is 0 Å². The van der Waals surface area contributed by atoms with E-state index in [1.807, 2.05) is 6.07 Å². The predicted molar refractivity (Wildman–Crippen MR) is 124 cm³/mol. The van der Waals surface area contributed by atoms with Crippen molar-refractivity contribution in [2.45, 2.75) is 67.2 Å². The molecule has 3 fully saturated rings. The van der Waals surface area contributed by atoms with Crippen molar-refractivity contribution in [2.24, 2.45) is 5.73 Å². The van der Waals surface area contributed by atoms with Gasteiger partial charge in [-0.1, -0.05) is 6.07 Å². The zero-order chi connectivity index (χ0) is 23.8. The van der Waals surface area contributed by atoms with Gasteiger partial charge in [0.05, 0.1) is 36.2 Å². The molecule has 0 aromatic heterocycles. The molecule has 11 heteroatoms. The van der Waals surface area contributed by atoms with Gasteiger partial charge in [0.2, 0.25) is 11.8 Å². The molecule has 0 saturated carbocycles. The number of carbonyl (C=O) groups is 2. The van der Waals surface area contributed by atoms with Crippen LogP contribution in [0.15, 0.2) is 23.1 Å². The van der Waals surface area contributed by atoms with Gasteiger partial charge < -0.3 is 15.5 Å². The van der Waals surface area contributed by atoms with E-state index in [4.69, 9.17) is 15.1 Å². The van der Waals surface area contributed by atoms with E-state index in [-0.39, 0.29) is 36.0 Å². The maximum atomic E-state index is 13.4. The molecule has 3 saturated heterocycles. The number of nitrogens with two attached hydrogens (primary N) is 1. The number of nitrogens with zero attached hydrogens (tertiary/aromatic N) is 4. The summed E-state index contributed by atoms with van der Waals surface area (Å²) in [5.74, 6) is -0.0485. The number of amides is 2. The van der Waals surface area contributed by atoms with Crippen molar-refractivity contribution in [3.63, 3.8) is 0 Å². The summed E-state index contributed by atoms with van der Waals surface area (Å²) >= 11 is 1.14. The highest BCUT2D eigenvalue weighted by molar-refractivity contribution is 7.94. The number of benzene rings is 1. The molecule has 1 unspecified atom stereocenters. The summed E-state index contributed by atoms with van der Waals surface area (Å²) in [6.07, 6.45) is 4.14. The van der Waals surface area contributed by atoms with Crippen molar-refractivity contribution in [3.8, 4) is 6.07 Å². The molecule has 182 valence electrons. The summed E-state index contributed by atoms with van der Waals surface area (Å²) in [6.45, 7) is 1.66. The molecule has 2 bridgehead atoms. The Morgan fingerprint density at radius 3 is 3.00 bits per heavy atom. The molecule has 0 spiro atoms. The van der Waals surface area contributed by atoms with Crippen LogP contribution in [-0.2, 0) is 25.3 Å². The number of carbonyl (C=O) groups excluding carboxylic acids is 2. The first-order valence-electron chi connectivity index (χ1n) is 11.8. The molecule has 3 heterocycles. The number of nitriles is 1. The molecule has 0 radical (unpaired) electrons. The molecule has 1 aromatic rings. The van der Waals surface area contributed by atoms with Crippen LogP contribution in [0.4, 0.5) is 0 Å². The van der Waals surface area contributed by atoms with Crippen LogP contribution >= 0.6 is 12.0 Å². The molecular weight excluding hydrogens is 456 g/mol. The SMILES string of the molecule is CNOOSc1ccc2c(c1)CC[C@H]2N1C(=O)[C@H]2CC1CN2C[C@H](N)C(=O)N1CCC[C@H]1C#N. The second-order valence-corrected chi connectivity index (χ2v) is 10.2. The summed E-state index contributed by atoms with van der Waals surface area (Å²) < 4.78 is 5.00. The van der Waals surface area contributed by atoms with Crippen molar-refractivity contribution in [1.82, 2.24) is 20.2 Å². The molecule has 4 aliphatic rings. The van der Waals surface area contributed by atoms with Gasteiger partial charge in [0.1, 0.15) is 6.04 Å². The van der Waals surface area contributed by atoms with Gasteiger partial charge in [-0.05, 0) is 55.4 Å². The van der Waals surface area contributed by atoms with Crippen molar-refractivity contribution in [2.75, 3.05) is 26.7 Å². The monoisotopic (exact) mass is 486 g/mol. The number of likely N-dealkylation sites (tertiary alicyclic amines) is 3. The number of hydroxylamine groups is 1. The highest BCUT2D eigenvalue weighted by Gasteiger charge is 2.53. The Labute approximate surface area is 203 Å². The summed E-state index contributed by atoms with van der Waals surface area (Å²) in [4.78, 5) is 37.6. The van der Waals surface area contributed by atoms with Gasteiger partial charge in [-0.2, -0.15) is 10.7 Å². The van der Waals surface area contributed by atoms with E-state index in [9.17, 15) is 14.9 Å². The fraction of sp³-hybridized carbons (Fsp3) is 0.609. The summed E-state index contributed by atoms with van der Waals surface area (Å²) in [5.41, 5.74) is 11.2. The maximum absolute atomic E-state index is 13.4. The smallest absolute Gasteiger partial charge is 0.241 e. The third kappa shape index (κ3) is 4.19. The summed E-state index contributed by atoms with van der Waals surface area (Å²) in [7, 11) is 1.62. The Bertz CT molecular complexity index is 1000. The zero-order valence-electron chi connectivity index (χ0n) is 19.2. The summed E-state index contributed by atoms with van der Waals surface area (Å²) in [6, 6.07) is 7.28. The van der Waals surface area contributed by atoms with Crippen LogP contribution in [0.2, 0.25) is 0 Å². The van der Waals surface area contributed by atoms with Crippen molar-refractivity contribution >= 4 is 23.9 Å². The first-order valence-corrected chi connectivity index (χ1v) is 12.6. The van der Waals surface area contributed by atoms with E-state index < -0.39 is 6.04 Å². The van der Waals surface area contributed by atoms with Crippen LogP contribution < -0.4 is 11.2 Å². The third-order valence-corrected chi connectivity index (χ3v) is 8.07. The van der Waals surface area contributed by atoms with Gasteiger partial charge >= 0.3 is 0 Å². The maximum Gasteiger partial charge on any atom is 0.241 e. The molecule has 10 nitrogen and oxygen atoms in total. The number of fused-ring (bicyclic) bond motifs is 3. The Hall–Kier alpha value is -2.20. The number of rotatable bonds is 8. The lowest BCUT2D eigenvalue weighted by atomic mass is 10.1. The molecule has 5 atom stereocenters. The molecule has 1 aromatic carbocycles.